The zero-order chi connectivity index (χ0) is 22.0. The van der Waals surface area contributed by atoms with E-state index in [0.29, 0.717) is 40.4 Å². The number of esters is 1. The lowest BCUT2D eigenvalue weighted by Gasteiger charge is -2.20. The minimum Gasteiger partial charge on any atom is -0.486 e. The number of halogens is 1. The number of nitrogens with zero attached hydrogens (tertiary/aromatic N) is 1. The van der Waals surface area contributed by atoms with E-state index in [2.05, 4.69) is 25.8 Å². The van der Waals surface area contributed by atoms with E-state index in [1.807, 2.05) is 38.1 Å². The van der Waals surface area contributed by atoms with Gasteiger partial charge in [-0.3, -0.25) is 4.79 Å². The van der Waals surface area contributed by atoms with E-state index in [-0.39, 0.29) is 0 Å². The van der Waals surface area contributed by atoms with Gasteiger partial charge in [0, 0.05) is 33.7 Å². The van der Waals surface area contributed by atoms with Crippen LogP contribution in [0.5, 0.6) is 11.5 Å². The zero-order valence-electron chi connectivity index (χ0n) is 17.1. The molecule has 0 spiro atoms. The molecule has 2 aromatic carbocycles. The highest BCUT2D eigenvalue weighted by Crippen LogP contribution is 2.38. The van der Waals surface area contributed by atoms with Crippen LogP contribution in [0.25, 0.3) is 5.69 Å². The van der Waals surface area contributed by atoms with Gasteiger partial charge in [-0.05, 0) is 66.2 Å². The maximum absolute atomic E-state index is 12.3. The smallest absolute Gasteiger partial charge is 0.338 e. The van der Waals surface area contributed by atoms with Gasteiger partial charge in [-0.15, -0.1) is 0 Å². The molecular weight excluding hydrogens is 464 g/mol. The highest BCUT2D eigenvalue weighted by molar-refractivity contribution is 9.10. The van der Waals surface area contributed by atoms with Crippen LogP contribution in [0.3, 0.4) is 0 Å². The summed E-state index contributed by atoms with van der Waals surface area (Å²) in [5.41, 5.74) is 4.05. The summed E-state index contributed by atoms with van der Waals surface area (Å²) in [7, 11) is 0. The van der Waals surface area contributed by atoms with Gasteiger partial charge in [0.05, 0.1) is 11.3 Å². The molecule has 31 heavy (non-hydrogen) atoms. The van der Waals surface area contributed by atoms with Gasteiger partial charge in [0.1, 0.15) is 13.2 Å². The number of nitrogens with one attached hydrogen (secondary N) is 1. The van der Waals surface area contributed by atoms with Crippen molar-refractivity contribution in [2.45, 2.75) is 13.8 Å². The summed E-state index contributed by atoms with van der Waals surface area (Å²) in [6, 6.07) is 14.5. The van der Waals surface area contributed by atoms with Gasteiger partial charge < -0.3 is 24.1 Å². The highest BCUT2D eigenvalue weighted by atomic mass is 79.9. The zero-order valence-corrected chi connectivity index (χ0v) is 18.7. The first kappa shape index (κ1) is 21.0. The highest BCUT2D eigenvalue weighted by Gasteiger charge is 2.17. The Morgan fingerprint density at radius 2 is 1.61 bits per heavy atom. The number of aromatic nitrogens is 1. The van der Waals surface area contributed by atoms with Crippen molar-refractivity contribution in [2.75, 3.05) is 25.1 Å². The number of fused-ring (bicyclic) bond motifs is 1. The van der Waals surface area contributed by atoms with Gasteiger partial charge in [0.15, 0.2) is 18.1 Å². The lowest BCUT2D eigenvalue weighted by atomic mass is 10.2. The van der Waals surface area contributed by atoms with Crippen LogP contribution in [0, 0.1) is 13.8 Å². The molecule has 3 aromatic rings. The molecule has 0 radical (unpaired) electrons. The van der Waals surface area contributed by atoms with Crippen molar-refractivity contribution in [1.29, 1.82) is 0 Å². The van der Waals surface area contributed by atoms with E-state index in [9.17, 15) is 9.59 Å². The van der Waals surface area contributed by atoms with Crippen LogP contribution in [0.1, 0.15) is 21.7 Å². The molecule has 0 aliphatic carbocycles. The molecule has 4 rings (SSSR count). The number of hydrogen-bond acceptors (Lipinski definition) is 5. The van der Waals surface area contributed by atoms with Crippen molar-refractivity contribution in [1.82, 2.24) is 4.57 Å². The second-order valence-electron chi connectivity index (χ2n) is 7.10. The molecule has 0 saturated heterocycles. The maximum Gasteiger partial charge on any atom is 0.338 e. The molecule has 160 valence electrons. The molecule has 1 amide bonds. The molecule has 0 unspecified atom stereocenters. The summed E-state index contributed by atoms with van der Waals surface area (Å²) >= 11 is 3.39. The topological polar surface area (TPSA) is 78.8 Å². The number of benzene rings is 2. The van der Waals surface area contributed by atoms with Crippen LogP contribution in [-0.2, 0) is 9.53 Å². The number of amides is 1. The summed E-state index contributed by atoms with van der Waals surface area (Å²) in [5, 5.41) is 2.71. The molecule has 1 N–H and O–H groups in total. The van der Waals surface area contributed by atoms with E-state index in [1.165, 1.54) is 0 Å². The first-order valence-corrected chi connectivity index (χ1v) is 10.5. The van der Waals surface area contributed by atoms with Crippen LogP contribution in [0.2, 0.25) is 0 Å². The lowest BCUT2D eigenvalue weighted by molar-refractivity contribution is -0.119. The van der Waals surface area contributed by atoms with Crippen LogP contribution in [-0.4, -0.2) is 36.3 Å². The minimum absolute atomic E-state index is 0.375. The molecule has 7 nitrogen and oxygen atoms in total. The molecule has 0 atom stereocenters. The van der Waals surface area contributed by atoms with Gasteiger partial charge in [0.25, 0.3) is 5.91 Å². The number of anilines is 1. The van der Waals surface area contributed by atoms with Gasteiger partial charge in [-0.25, -0.2) is 4.79 Å². The normalized spacial score (nSPS) is 12.4. The minimum atomic E-state index is -0.566. The summed E-state index contributed by atoms with van der Waals surface area (Å²) < 4.78 is 18.9. The van der Waals surface area contributed by atoms with Crippen LogP contribution < -0.4 is 14.8 Å². The number of aryl methyl sites for hydroxylation is 2. The third kappa shape index (κ3) is 4.59. The van der Waals surface area contributed by atoms with Crippen LogP contribution in [0.15, 0.2) is 53.0 Å². The summed E-state index contributed by atoms with van der Waals surface area (Å²) in [5.74, 6) is 0.135. The Labute approximate surface area is 188 Å². The number of carbonyl (C=O) groups is 2. The largest absolute Gasteiger partial charge is 0.486 e. The summed E-state index contributed by atoms with van der Waals surface area (Å²) in [6.45, 7) is 4.56. The van der Waals surface area contributed by atoms with E-state index in [4.69, 9.17) is 14.2 Å². The second kappa shape index (κ2) is 8.85. The van der Waals surface area contributed by atoms with Crippen molar-refractivity contribution in [2.24, 2.45) is 0 Å². The van der Waals surface area contributed by atoms with Crippen LogP contribution in [0.4, 0.5) is 5.69 Å². The molecule has 2 heterocycles. The Balaban J connectivity index is 1.36. The predicted molar refractivity (Wildman–Crippen MR) is 119 cm³/mol. The van der Waals surface area contributed by atoms with Gasteiger partial charge in [0.2, 0.25) is 0 Å². The Morgan fingerprint density at radius 1 is 1.00 bits per heavy atom. The van der Waals surface area contributed by atoms with Gasteiger partial charge in [-0.1, -0.05) is 0 Å². The summed E-state index contributed by atoms with van der Waals surface area (Å²) in [4.78, 5) is 24.6. The first-order chi connectivity index (χ1) is 14.9. The van der Waals surface area contributed by atoms with Crippen molar-refractivity contribution in [3.63, 3.8) is 0 Å². The van der Waals surface area contributed by atoms with Crippen molar-refractivity contribution < 1.29 is 23.8 Å². The Bertz CT molecular complexity index is 1120. The van der Waals surface area contributed by atoms with E-state index >= 15 is 0 Å². The molecular formula is C23H21BrN2O5. The molecule has 1 aliphatic rings. The number of ether oxygens (including phenoxy) is 3. The molecule has 1 aliphatic heterocycles. The average Bonchev–Trinajstić information content (AvgIpc) is 3.10. The summed E-state index contributed by atoms with van der Waals surface area (Å²) in [6.07, 6.45) is 0. The number of carbonyl (C=O) groups excluding carboxylic acids is 2. The maximum atomic E-state index is 12.3. The molecule has 0 fully saturated rings. The average molecular weight is 485 g/mol. The Morgan fingerprint density at radius 3 is 2.26 bits per heavy atom. The van der Waals surface area contributed by atoms with E-state index < -0.39 is 18.5 Å². The first-order valence-electron chi connectivity index (χ1n) is 9.74. The standard InChI is InChI=1S/C23H21BrN2O5/c1-14-3-4-15(2)26(14)17-7-5-16(6-8-17)23(28)31-13-22(27)25-19-12-21-20(11-18(19)24)29-9-10-30-21/h3-8,11-12H,9-10,13H2,1-2H3,(H,25,27). The van der Waals surface area contributed by atoms with Crippen molar-refractivity contribution >= 4 is 33.5 Å². The molecule has 0 bridgehead atoms. The monoisotopic (exact) mass is 484 g/mol. The fourth-order valence-electron chi connectivity index (χ4n) is 3.38. The number of hydrogen-bond donors (Lipinski definition) is 1. The molecule has 0 saturated carbocycles. The van der Waals surface area contributed by atoms with Crippen LogP contribution >= 0.6 is 15.9 Å². The fraction of sp³-hybridized carbons (Fsp3) is 0.217. The third-order valence-corrected chi connectivity index (χ3v) is 5.53. The quantitative estimate of drug-likeness (QED) is 0.542. The van der Waals surface area contributed by atoms with Crippen molar-refractivity contribution in [3.8, 4) is 17.2 Å². The Kier molecular flexibility index (Phi) is 5.99. The number of rotatable bonds is 5. The lowest BCUT2D eigenvalue weighted by Crippen LogP contribution is -2.21. The van der Waals surface area contributed by atoms with E-state index in [0.717, 1.165) is 17.1 Å². The molecule has 1 aromatic heterocycles. The fourth-order valence-corrected chi connectivity index (χ4v) is 3.80. The van der Waals surface area contributed by atoms with Gasteiger partial charge in [-0.2, -0.15) is 0 Å². The third-order valence-electron chi connectivity index (χ3n) is 4.87. The predicted octanol–water partition coefficient (Wildman–Crippen LogP) is 4.42. The second-order valence-corrected chi connectivity index (χ2v) is 7.95. The Hall–Kier alpha value is -3.26. The van der Waals surface area contributed by atoms with E-state index in [1.54, 1.807) is 24.3 Å². The molecule has 8 heteroatoms. The SMILES string of the molecule is Cc1ccc(C)n1-c1ccc(C(=O)OCC(=O)Nc2cc3c(cc2Br)OCCO3)cc1. The van der Waals surface area contributed by atoms with Gasteiger partial charge >= 0.3 is 5.97 Å². The van der Waals surface area contributed by atoms with Crippen molar-refractivity contribution in [3.05, 3.63) is 70.0 Å².